The number of aliphatic hydroxyl groups excluding tert-OH is 1. The van der Waals surface area contributed by atoms with Gasteiger partial charge in [-0.25, -0.2) is 9.59 Å². The van der Waals surface area contributed by atoms with E-state index in [1.54, 1.807) is 37.4 Å². The Bertz CT molecular complexity index is 810. The fourth-order valence-corrected chi connectivity index (χ4v) is 2.57. The molecule has 2 rings (SSSR count). The lowest BCUT2D eigenvalue weighted by atomic mass is 10.0. The number of phenolic OH excluding ortho intramolecular Hbond substituents is 2. The molecule has 9 nitrogen and oxygen atoms in total. The normalized spacial score (nSPS) is 12.4. The molecule has 0 amide bonds. The highest BCUT2D eigenvalue weighted by Crippen LogP contribution is 2.23. The summed E-state index contributed by atoms with van der Waals surface area (Å²) >= 11 is 0. The van der Waals surface area contributed by atoms with Crippen LogP contribution in [-0.2, 0) is 27.4 Å². The lowest BCUT2D eigenvalue weighted by Gasteiger charge is -2.18. The van der Waals surface area contributed by atoms with Gasteiger partial charge in [0.05, 0.1) is 12.7 Å². The molecular formula is C21H27NO8. The van der Waals surface area contributed by atoms with Crippen molar-refractivity contribution in [2.45, 2.75) is 32.1 Å². The van der Waals surface area contributed by atoms with E-state index in [1.807, 2.05) is 19.1 Å². The Morgan fingerprint density at radius 2 is 1.63 bits per heavy atom. The van der Waals surface area contributed by atoms with Gasteiger partial charge in [-0.3, -0.25) is 0 Å². The maximum absolute atomic E-state index is 10.3. The molecule has 0 radical (unpaired) electrons. The highest BCUT2D eigenvalue weighted by Gasteiger charge is 2.12. The average Bonchev–Trinajstić information content (AvgIpc) is 2.70. The summed E-state index contributed by atoms with van der Waals surface area (Å²) < 4.78 is 5.04. The number of ether oxygens (including phenoxy) is 1. The molecule has 0 saturated heterocycles. The first kappa shape index (κ1) is 24.9. The zero-order valence-corrected chi connectivity index (χ0v) is 16.8. The second-order valence-corrected chi connectivity index (χ2v) is 6.63. The summed E-state index contributed by atoms with van der Waals surface area (Å²) in [7, 11) is 1.56. The molecule has 9 heteroatoms. The fraction of sp³-hybridized carbons (Fsp3) is 0.333. The molecule has 0 bridgehead atoms. The molecule has 0 aliphatic carbocycles. The largest absolute Gasteiger partial charge is 0.508 e. The van der Waals surface area contributed by atoms with Crippen LogP contribution in [0.3, 0.4) is 0 Å². The van der Waals surface area contributed by atoms with Crippen LogP contribution in [0, 0.1) is 0 Å². The molecule has 0 heterocycles. The van der Waals surface area contributed by atoms with Gasteiger partial charge in [-0.1, -0.05) is 18.2 Å². The summed E-state index contributed by atoms with van der Waals surface area (Å²) in [5.41, 5.74) is 2.52. The topological polar surface area (TPSA) is 157 Å². The quantitative estimate of drug-likeness (QED) is 0.349. The number of hydrogen-bond acceptors (Lipinski definition) is 7. The van der Waals surface area contributed by atoms with E-state index >= 15 is 0 Å². The SMILES string of the molecule is COCc1cc(C(O)CNC(C)Cc2ccc(O)cc2)ccc1O.O=C(O)C(=O)O. The summed E-state index contributed by atoms with van der Waals surface area (Å²) in [4.78, 5) is 18.2. The molecule has 0 fully saturated rings. The van der Waals surface area contributed by atoms with Crippen LogP contribution >= 0.6 is 0 Å². The van der Waals surface area contributed by atoms with Crippen molar-refractivity contribution in [2.75, 3.05) is 13.7 Å². The van der Waals surface area contributed by atoms with Gasteiger partial charge in [-0.2, -0.15) is 0 Å². The summed E-state index contributed by atoms with van der Waals surface area (Å²) in [6.45, 7) is 2.76. The lowest BCUT2D eigenvalue weighted by Crippen LogP contribution is -2.32. The summed E-state index contributed by atoms with van der Waals surface area (Å²) in [5, 5.41) is 47.5. The smallest absolute Gasteiger partial charge is 0.414 e. The van der Waals surface area contributed by atoms with Crippen molar-refractivity contribution in [3.05, 3.63) is 59.2 Å². The number of carboxylic acids is 2. The van der Waals surface area contributed by atoms with Gasteiger partial charge in [0.25, 0.3) is 0 Å². The first-order valence-corrected chi connectivity index (χ1v) is 9.10. The van der Waals surface area contributed by atoms with E-state index < -0.39 is 18.0 Å². The molecular weight excluding hydrogens is 394 g/mol. The number of carbonyl (C=O) groups is 2. The third-order valence-electron chi connectivity index (χ3n) is 4.11. The highest BCUT2D eigenvalue weighted by molar-refractivity contribution is 6.27. The Morgan fingerprint density at radius 3 is 2.17 bits per heavy atom. The number of aromatic hydroxyl groups is 2. The van der Waals surface area contributed by atoms with E-state index in [9.17, 15) is 15.3 Å². The monoisotopic (exact) mass is 421 g/mol. The number of benzene rings is 2. The van der Waals surface area contributed by atoms with E-state index in [0.29, 0.717) is 18.7 Å². The van der Waals surface area contributed by atoms with Crippen LogP contribution in [0.1, 0.15) is 29.7 Å². The minimum Gasteiger partial charge on any atom is -0.508 e. The van der Waals surface area contributed by atoms with Crippen LogP contribution in [-0.4, -0.2) is 57.2 Å². The molecule has 0 spiro atoms. The maximum Gasteiger partial charge on any atom is 0.414 e. The van der Waals surface area contributed by atoms with E-state index in [1.165, 1.54) is 0 Å². The number of aliphatic hydroxyl groups is 1. The van der Waals surface area contributed by atoms with Crippen molar-refractivity contribution in [1.82, 2.24) is 5.32 Å². The minimum atomic E-state index is -1.82. The maximum atomic E-state index is 10.3. The molecule has 2 aromatic carbocycles. The third-order valence-corrected chi connectivity index (χ3v) is 4.11. The first-order valence-electron chi connectivity index (χ1n) is 9.10. The van der Waals surface area contributed by atoms with Crippen molar-refractivity contribution in [3.63, 3.8) is 0 Å². The molecule has 0 aromatic heterocycles. The number of phenols is 2. The van der Waals surface area contributed by atoms with Gasteiger partial charge < -0.3 is 35.6 Å². The molecule has 2 unspecified atom stereocenters. The van der Waals surface area contributed by atoms with Gasteiger partial charge in [0.15, 0.2) is 0 Å². The zero-order valence-electron chi connectivity index (χ0n) is 16.8. The van der Waals surface area contributed by atoms with Gasteiger partial charge in [-0.05, 0) is 48.7 Å². The molecule has 6 N–H and O–H groups in total. The van der Waals surface area contributed by atoms with Crippen LogP contribution in [0.4, 0.5) is 0 Å². The number of hydrogen-bond donors (Lipinski definition) is 6. The number of aliphatic carboxylic acids is 2. The van der Waals surface area contributed by atoms with Gasteiger partial charge >= 0.3 is 11.9 Å². The van der Waals surface area contributed by atoms with Crippen molar-refractivity contribution < 1.29 is 39.9 Å². The van der Waals surface area contributed by atoms with Crippen LogP contribution in [0.25, 0.3) is 0 Å². The van der Waals surface area contributed by atoms with E-state index in [-0.39, 0.29) is 17.5 Å². The van der Waals surface area contributed by atoms with Gasteiger partial charge in [0, 0.05) is 25.3 Å². The van der Waals surface area contributed by atoms with Crippen LogP contribution in [0.15, 0.2) is 42.5 Å². The Morgan fingerprint density at radius 1 is 1.03 bits per heavy atom. The molecule has 0 saturated carbocycles. The number of nitrogens with one attached hydrogen (secondary N) is 1. The van der Waals surface area contributed by atoms with E-state index in [4.69, 9.17) is 24.5 Å². The van der Waals surface area contributed by atoms with Gasteiger partial charge in [-0.15, -0.1) is 0 Å². The van der Waals surface area contributed by atoms with Gasteiger partial charge in [0.1, 0.15) is 11.5 Å². The summed E-state index contributed by atoms with van der Waals surface area (Å²) in [5.74, 6) is -3.22. The fourth-order valence-electron chi connectivity index (χ4n) is 2.57. The van der Waals surface area contributed by atoms with Crippen LogP contribution in [0.5, 0.6) is 11.5 Å². The number of carboxylic acid groups (broad SMARTS) is 2. The summed E-state index contributed by atoms with van der Waals surface area (Å²) in [6.07, 6.45) is 0.140. The minimum absolute atomic E-state index is 0.168. The first-order chi connectivity index (χ1) is 14.1. The van der Waals surface area contributed by atoms with Crippen LogP contribution < -0.4 is 5.32 Å². The molecule has 2 aromatic rings. The molecule has 2 atom stereocenters. The standard InChI is InChI=1S/C19H25NO4.C2H2O4/c1-13(9-14-3-6-17(21)7-4-14)20-11-19(23)15-5-8-18(22)16(10-15)12-24-2;3-1(4)2(5)6/h3-8,10,13,19-23H,9,11-12H2,1-2H3;(H,3,4)(H,5,6). The molecule has 0 aliphatic rings. The predicted molar refractivity (Wildman–Crippen MR) is 108 cm³/mol. The van der Waals surface area contributed by atoms with Crippen molar-refractivity contribution >= 4 is 11.9 Å². The summed E-state index contributed by atoms with van der Waals surface area (Å²) in [6, 6.07) is 12.4. The second-order valence-electron chi connectivity index (χ2n) is 6.63. The lowest BCUT2D eigenvalue weighted by molar-refractivity contribution is -0.159. The Labute approximate surface area is 174 Å². The molecule has 30 heavy (non-hydrogen) atoms. The highest BCUT2D eigenvalue weighted by atomic mass is 16.5. The average molecular weight is 421 g/mol. The van der Waals surface area contributed by atoms with Crippen molar-refractivity contribution in [1.29, 1.82) is 0 Å². The molecule has 164 valence electrons. The van der Waals surface area contributed by atoms with E-state index in [2.05, 4.69) is 5.32 Å². The Hall–Kier alpha value is -3.14. The Balaban J connectivity index is 0.000000656. The second kappa shape index (κ2) is 12.4. The zero-order chi connectivity index (χ0) is 22.7. The Kier molecular flexibility index (Phi) is 10.3. The van der Waals surface area contributed by atoms with Crippen molar-refractivity contribution in [3.8, 4) is 11.5 Å². The third kappa shape index (κ3) is 8.91. The number of rotatable bonds is 8. The van der Waals surface area contributed by atoms with E-state index in [0.717, 1.165) is 17.5 Å². The van der Waals surface area contributed by atoms with Crippen molar-refractivity contribution in [2.24, 2.45) is 0 Å². The van der Waals surface area contributed by atoms with Crippen LogP contribution in [0.2, 0.25) is 0 Å². The molecule has 0 aliphatic heterocycles. The predicted octanol–water partition coefficient (Wildman–Crippen LogP) is 1.65. The number of methoxy groups -OCH3 is 1. The van der Waals surface area contributed by atoms with Gasteiger partial charge in [0.2, 0.25) is 0 Å².